The van der Waals surface area contributed by atoms with Crippen LogP contribution in [0.1, 0.15) is 22.4 Å². The van der Waals surface area contributed by atoms with Crippen LogP contribution in [0.2, 0.25) is 5.02 Å². The number of aryl methyl sites for hydroxylation is 3. The van der Waals surface area contributed by atoms with Gasteiger partial charge in [-0.05, 0) is 74.7 Å². The number of hydrogen-bond donors (Lipinski definition) is 1. The molecule has 0 saturated heterocycles. The molecule has 0 spiro atoms. The van der Waals surface area contributed by atoms with E-state index in [0.29, 0.717) is 5.02 Å². The third-order valence-electron chi connectivity index (χ3n) is 4.84. The number of rotatable bonds is 3. The van der Waals surface area contributed by atoms with Crippen molar-refractivity contribution in [2.75, 3.05) is 5.32 Å². The highest BCUT2D eigenvalue weighted by Gasteiger charge is 2.18. The molecular formula is C22H21ClN4. The summed E-state index contributed by atoms with van der Waals surface area (Å²) < 4.78 is 2.13. The second-order valence-electron chi connectivity index (χ2n) is 6.95. The summed E-state index contributed by atoms with van der Waals surface area (Å²) in [4.78, 5) is 9.10. The molecule has 5 heteroatoms. The standard InChI is InChI=1S/C22H21ClN4/c1-13-8-14(2)10-18(9-13)26-21-20-15(3)16(4)27(22(20)25-12-24-21)19-7-5-6-17(23)11-19/h5-12H,1-4H3,(H,24,25,26). The first-order chi connectivity index (χ1) is 12.9. The Hall–Kier alpha value is -2.85. The van der Waals surface area contributed by atoms with Gasteiger partial charge in [-0.3, -0.25) is 4.57 Å². The molecule has 136 valence electrons. The monoisotopic (exact) mass is 376 g/mol. The lowest BCUT2D eigenvalue weighted by atomic mass is 10.1. The van der Waals surface area contributed by atoms with Gasteiger partial charge in [-0.25, -0.2) is 9.97 Å². The lowest BCUT2D eigenvalue weighted by Crippen LogP contribution is -2.00. The topological polar surface area (TPSA) is 42.7 Å². The van der Waals surface area contributed by atoms with E-state index in [1.165, 1.54) is 11.1 Å². The van der Waals surface area contributed by atoms with Gasteiger partial charge in [0.1, 0.15) is 12.1 Å². The fourth-order valence-corrected chi connectivity index (χ4v) is 3.79. The molecular weight excluding hydrogens is 356 g/mol. The molecule has 0 aliphatic heterocycles. The van der Waals surface area contributed by atoms with Crippen molar-refractivity contribution in [2.24, 2.45) is 0 Å². The molecule has 2 aromatic carbocycles. The Bertz CT molecular complexity index is 1140. The summed E-state index contributed by atoms with van der Waals surface area (Å²) in [6.07, 6.45) is 1.60. The molecule has 4 nitrogen and oxygen atoms in total. The van der Waals surface area contributed by atoms with Gasteiger partial charge in [0.15, 0.2) is 5.65 Å². The summed E-state index contributed by atoms with van der Waals surface area (Å²) >= 11 is 6.21. The van der Waals surface area contributed by atoms with Crippen LogP contribution < -0.4 is 5.32 Å². The van der Waals surface area contributed by atoms with Gasteiger partial charge in [-0.2, -0.15) is 0 Å². The molecule has 4 aromatic rings. The molecule has 27 heavy (non-hydrogen) atoms. The molecule has 0 fully saturated rings. The van der Waals surface area contributed by atoms with Gasteiger partial charge in [-0.1, -0.05) is 23.7 Å². The van der Waals surface area contributed by atoms with Gasteiger partial charge in [0.25, 0.3) is 0 Å². The number of nitrogens with one attached hydrogen (secondary N) is 1. The number of aromatic nitrogens is 3. The van der Waals surface area contributed by atoms with Crippen molar-refractivity contribution in [3.8, 4) is 5.69 Å². The molecule has 2 aromatic heterocycles. The average Bonchev–Trinajstić information content (AvgIpc) is 2.86. The summed E-state index contributed by atoms with van der Waals surface area (Å²) in [5.74, 6) is 0.811. The second-order valence-corrected chi connectivity index (χ2v) is 7.38. The summed E-state index contributed by atoms with van der Waals surface area (Å²) in [5, 5.41) is 5.21. The van der Waals surface area contributed by atoms with Gasteiger partial charge in [0, 0.05) is 22.1 Å². The van der Waals surface area contributed by atoms with Crippen LogP contribution in [-0.4, -0.2) is 14.5 Å². The zero-order valence-corrected chi connectivity index (χ0v) is 16.6. The summed E-state index contributed by atoms with van der Waals surface area (Å²) in [7, 11) is 0. The SMILES string of the molecule is Cc1cc(C)cc(Nc2ncnc3c2c(C)c(C)n3-c2cccc(Cl)c2)c1. The van der Waals surface area contributed by atoms with Crippen LogP contribution in [0, 0.1) is 27.7 Å². The molecule has 1 N–H and O–H groups in total. The lowest BCUT2D eigenvalue weighted by molar-refractivity contribution is 1.01. The Balaban J connectivity index is 1.90. The Morgan fingerprint density at radius 3 is 2.37 bits per heavy atom. The molecule has 2 heterocycles. The van der Waals surface area contributed by atoms with Gasteiger partial charge in [0.05, 0.1) is 5.39 Å². The average molecular weight is 377 g/mol. The Morgan fingerprint density at radius 1 is 0.926 bits per heavy atom. The quantitative estimate of drug-likeness (QED) is 0.473. The molecule has 0 radical (unpaired) electrons. The molecule has 0 saturated carbocycles. The highest BCUT2D eigenvalue weighted by molar-refractivity contribution is 6.30. The minimum absolute atomic E-state index is 0.703. The first-order valence-electron chi connectivity index (χ1n) is 8.88. The highest BCUT2D eigenvalue weighted by atomic mass is 35.5. The second kappa shape index (κ2) is 6.71. The van der Waals surface area contributed by atoms with Crippen molar-refractivity contribution in [1.29, 1.82) is 0 Å². The molecule has 0 aliphatic rings. The van der Waals surface area contributed by atoms with Crippen molar-refractivity contribution >= 4 is 34.1 Å². The van der Waals surface area contributed by atoms with Crippen molar-refractivity contribution in [2.45, 2.75) is 27.7 Å². The van der Waals surface area contributed by atoms with E-state index in [-0.39, 0.29) is 0 Å². The molecule has 0 unspecified atom stereocenters. The number of anilines is 2. The van der Waals surface area contributed by atoms with Gasteiger partial charge >= 0.3 is 0 Å². The number of fused-ring (bicyclic) bond motifs is 1. The van der Waals surface area contributed by atoms with E-state index in [1.54, 1.807) is 6.33 Å². The summed E-state index contributed by atoms with van der Waals surface area (Å²) in [6, 6.07) is 14.2. The minimum atomic E-state index is 0.703. The van der Waals surface area contributed by atoms with E-state index in [0.717, 1.165) is 39.5 Å². The van der Waals surface area contributed by atoms with Crippen LogP contribution in [0.3, 0.4) is 0 Å². The van der Waals surface area contributed by atoms with E-state index in [1.807, 2.05) is 24.3 Å². The largest absolute Gasteiger partial charge is 0.340 e. The van der Waals surface area contributed by atoms with Crippen LogP contribution >= 0.6 is 11.6 Å². The Kier molecular flexibility index (Phi) is 4.36. The smallest absolute Gasteiger partial charge is 0.150 e. The predicted molar refractivity (Wildman–Crippen MR) is 113 cm³/mol. The molecule has 0 aliphatic carbocycles. The number of nitrogens with zero attached hydrogens (tertiary/aromatic N) is 3. The van der Waals surface area contributed by atoms with E-state index in [4.69, 9.17) is 11.6 Å². The summed E-state index contributed by atoms with van der Waals surface area (Å²) in [5.41, 5.74) is 7.59. The summed E-state index contributed by atoms with van der Waals surface area (Å²) in [6.45, 7) is 8.39. The number of hydrogen-bond acceptors (Lipinski definition) is 3. The van der Waals surface area contributed by atoms with Crippen molar-refractivity contribution < 1.29 is 0 Å². The zero-order chi connectivity index (χ0) is 19.1. The Labute approximate surface area is 163 Å². The van der Waals surface area contributed by atoms with E-state index >= 15 is 0 Å². The van der Waals surface area contributed by atoms with Crippen LogP contribution in [0.25, 0.3) is 16.7 Å². The molecule has 4 rings (SSSR count). The number of benzene rings is 2. The van der Waals surface area contributed by atoms with Gasteiger partial charge in [-0.15, -0.1) is 0 Å². The van der Waals surface area contributed by atoms with E-state index in [9.17, 15) is 0 Å². The van der Waals surface area contributed by atoms with Crippen molar-refractivity contribution in [1.82, 2.24) is 14.5 Å². The fourth-order valence-electron chi connectivity index (χ4n) is 3.61. The van der Waals surface area contributed by atoms with Crippen LogP contribution in [0.4, 0.5) is 11.5 Å². The normalized spacial score (nSPS) is 11.1. The highest BCUT2D eigenvalue weighted by Crippen LogP contribution is 2.33. The Morgan fingerprint density at radius 2 is 1.67 bits per heavy atom. The first-order valence-corrected chi connectivity index (χ1v) is 9.25. The molecule has 0 atom stereocenters. The third kappa shape index (κ3) is 3.17. The maximum absolute atomic E-state index is 6.21. The van der Waals surface area contributed by atoms with E-state index < -0.39 is 0 Å². The predicted octanol–water partition coefficient (Wildman–Crippen LogP) is 6.05. The lowest BCUT2D eigenvalue weighted by Gasteiger charge is -2.10. The first kappa shape index (κ1) is 17.6. The third-order valence-corrected chi connectivity index (χ3v) is 5.08. The molecule has 0 bridgehead atoms. The minimum Gasteiger partial charge on any atom is -0.340 e. The van der Waals surface area contributed by atoms with Crippen molar-refractivity contribution in [3.05, 3.63) is 76.2 Å². The van der Waals surface area contributed by atoms with Gasteiger partial charge in [0.2, 0.25) is 0 Å². The van der Waals surface area contributed by atoms with Crippen molar-refractivity contribution in [3.63, 3.8) is 0 Å². The maximum atomic E-state index is 6.21. The zero-order valence-electron chi connectivity index (χ0n) is 15.8. The maximum Gasteiger partial charge on any atom is 0.150 e. The van der Waals surface area contributed by atoms with E-state index in [2.05, 4.69) is 65.7 Å². The fraction of sp³-hybridized carbons (Fsp3) is 0.182. The van der Waals surface area contributed by atoms with Gasteiger partial charge < -0.3 is 5.32 Å². The number of halogens is 1. The van der Waals surface area contributed by atoms with Crippen LogP contribution in [-0.2, 0) is 0 Å². The van der Waals surface area contributed by atoms with Crippen LogP contribution in [0.15, 0.2) is 48.8 Å². The van der Waals surface area contributed by atoms with Crippen LogP contribution in [0.5, 0.6) is 0 Å². The molecule has 0 amide bonds.